The van der Waals surface area contributed by atoms with E-state index in [0.29, 0.717) is 0 Å². The number of hydrogen-bond donors (Lipinski definition) is 2. The summed E-state index contributed by atoms with van der Waals surface area (Å²) in [6, 6.07) is 1.13. The number of carbonyl (C=O) groups is 3. The van der Waals surface area contributed by atoms with Gasteiger partial charge >= 0.3 is 5.69 Å². The first-order valence-electron chi connectivity index (χ1n) is 6.01. The Balaban J connectivity index is 1.82. The van der Waals surface area contributed by atoms with Crippen molar-refractivity contribution in [3.8, 4) is 0 Å². The van der Waals surface area contributed by atoms with Gasteiger partial charge in [0.1, 0.15) is 6.54 Å². The lowest BCUT2D eigenvalue weighted by Crippen LogP contribution is -2.40. The Hall–Kier alpha value is -2.36. The molecule has 0 bridgehead atoms. The monoisotopic (exact) mass is 312 g/mol. The van der Waals surface area contributed by atoms with Gasteiger partial charge in [0.15, 0.2) is 0 Å². The van der Waals surface area contributed by atoms with Gasteiger partial charge < -0.3 is 5.32 Å². The zero-order chi connectivity index (χ0) is 15.4. The summed E-state index contributed by atoms with van der Waals surface area (Å²) in [5, 5.41) is 2.17. The van der Waals surface area contributed by atoms with Crippen LogP contribution >= 0.6 is 11.8 Å². The Morgan fingerprint density at radius 1 is 1.33 bits per heavy atom. The van der Waals surface area contributed by atoms with E-state index in [1.54, 1.807) is 0 Å². The third-order valence-electron chi connectivity index (χ3n) is 2.71. The van der Waals surface area contributed by atoms with E-state index in [1.165, 1.54) is 6.20 Å². The molecule has 2 heterocycles. The molecule has 9 nitrogen and oxygen atoms in total. The van der Waals surface area contributed by atoms with E-state index in [0.717, 1.165) is 27.3 Å². The molecular formula is C11H12N4O5S. The molecule has 1 saturated heterocycles. The van der Waals surface area contributed by atoms with Crippen molar-refractivity contribution in [1.29, 1.82) is 0 Å². The zero-order valence-electron chi connectivity index (χ0n) is 10.8. The molecule has 1 aromatic heterocycles. The Morgan fingerprint density at radius 2 is 2.10 bits per heavy atom. The average Bonchev–Trinajstić information content (AvgIpc) is 2.74. The van der Waals surface area contributed by atoms with Crippen molar-refractivity contribution in [1.82, 2.24) is 19.8 Å². The Kier molecular flexibility index (Phi) is 4.58. The Morgan fingerprint density at radius 3 is 2.71 bits per heavy atom. The summed E-state index contributed by atoms with van der Waals surface area (Å²) in [6.45, 7) is -0.0574. The lowest BCUT2D eigenvalue weighted by molar-refractivity contribution is -0.125. The van der Waals surface area contributed by atoms with Crippen molar-refractivity contribution in [2.75, 3.05) is 18.8 Å². The highest BCUT2D eigenvalue weighted by Crippen LogP contribution is 2.17. The normalized spacial score (nSPS) is 14.6. The van der Waals surface area contributed by atoms with Crippen LogP contribution < -0.4 is 16.6 Å². The molecular weight excluding hydrogens is 300 g/mol. The van der Waals surface area contributed by atoms with Gasteiger partial charge in [-0.25, -0.2) is 4.79 Å². The number of nitrogens with zero attached hydrogens (tertiary/aromatic N) is 2. The molecule has 0 unspecified atom stereocenters. The minimum absolute atomic E-state index is 0.0942. The maximum absolute atomic E-state index is 11.6. The number of H-pyrrole nitrogens is 1. The molecule has 3 amide bonds. The lowest BCUT2D eigenvalue weighted by Gasteiger charge is -2.13. The van der Waals surface area contributed by atoms with Crippen LogP contribution in [0.2, 0.25) is 0 Å². The lowest BCUT2D eigenvalue weighted by atomic mass is 10.4. The smallest absolute Gasteiger partial charge is 0.328 e. The molecule has 1 aliphatic heterocycles. The molecule has 10 heteroatoms. The molecule has 0 aromatic carbocycles. The molecule has 0 radical (unpaired) electrons. The van der Waals surface area contributed by atoms with Crippen molar-refractivity contribution >= 4 is 28.8 Å². The number of nitrogens with one attached hydrogen (secondary N) is 2. The Bertz CT molecular complexity index is 678. The highest BCUT2D eigenvalue weighted by Gasteiger charge is 2.29. The largest absolute Gasteiger partial charge is 0.353 e. The van der Waals surface area contributed by atoms with Gasteiger partial charge in [-0.15, -0.1) is 0 Å². The maximum atomic E-state index is 11.6. The molecule has 1 aromatic rings. The van der Waals surface area contributed by atoms with E-state index in [-0.39, 0.29) is 36.5 Å². The summed E-state index contributed by atoms with van der Waals surface area (Å²) in [7, 11) is 0. The van der Waals surface area contributed by atoms with Gasteiger partial charge in [-0.3, -0.25) is 33.6 Å². The number of imide groups is 1. The van der Waals surface area contributed by atoms with Crippen LogP contribution in [0.15, 0.2) is 21.9 Å². The zero-order valence-corrected chi connectivity index (χ0v) is 11.6. The minimum Gasteiger partial charge on any atom is -0.353 e. The van der Waals surface area contributed by atoms with Crippen LogP contribution in [0.5, 0.6) is 0 Å². The number of rotatable bonds is 5. The van der Waals surface area contributed by atoms with Gasteiger partial charge in [0.2, 0.25) is 11.8 Å². The summed E-state index contributed by atoms with van der Waals surface area (Å²) in [5.74, 6) is -0.619. The van der Waals surface area contributed by atoms with E-state index >= 15 is 0 Å². The second kappa shape index (κ2) is 6.39. The van der Waals surface area contributed by atoms with Crippen molar-refractivity contribution in [2.24, 2.45) is 0 Å². The van der Waals surface area contributed by atoms with E-state index in [2.05, 4.69) is 5.32 Å². The van der Waals surface area contributed by atoms with Gasteiger partial charge in [-0.2, -0.15) is 0 Å². The van der Waals surface area contributed by atoms with Crippen molar-refractivity contribution in [2.45, 2.75) is 6.54 Å². The third-order valence-corrected chi connectivity index (χ3v) is 3.57. The van der Waals surface area contributed by atoms with Crippen LogP contribution in [0.4, 0.5) is 4.79 Å². The fourth-order valence-corrected chi connectivity index (χ4v) is 2.44. The maximum Gasteiger partial charge on any atom is 0.328 e. The van der Waals surface area contributed by atoms with E-state index in [9.17, 15) is 24.0 Å². The second-order valence-corrected chi connectivity index (χ2v) is 5.11. The van der Waals surface area contributed by atoms with Crippen LogP contribution in [0.3, 0.4) is 0 Å². The predicted octanol–water partition coefficient (Wildman–Crippen LogP) is -1.65. The average molecular weight is 312 g/mol. The highest BCUT2D eigenvalue weighted by atomic mass is 32.2. The summed E-state index contributed by atoms with van der Waals surface area (Å²) >= 11 is 0.924. The third kappa shape index (κ3) is 3.81. The van der Waals surface area contributed by atoms with Crippen molar-refractivity contribution in [3.63, 3.8) is 0 Å². The standard InChI is InChI=1S/C11H12N4O5S/c16-7-1-3-14(10(19)13-7)5-8(17)12-2-4-15-9(18)6-21-11(15)20/h1,3H,2,4-6H2,(H,12,17)(H,13,16,19). The molecule has 1 aliphatic rings. The van der Waals surface area contributed by atoms with Crippen LogP contribution in [0, 0.1) is 0 Å². The van der Waals surface area contributed by atoms with Crippen LogP contribution in [-0.2, 0) is 16.1 Å². The first kappa shape index (κ1) is 15.0. The quantitative estimate of drug-likeness (QED) is 0.672. The highest BCUT2D eigenvalue weighted by molar-refractivity contribution is 8.14. The number of aromatic nitrogens is 2. The summed E-state index contributed by atoms with van der Waals surface area (Å²) in [6.07, 6.45) is 1.21. The van der Waals surface area contributed by atoms with Gasteiger partial charge in [0, 0.05) is 25.4 Å². The van der Waals surface area contributed by atoms with Gasteiger partial charge in [0.25, 0.3) is 10.8 Å². The molecule has 112 valence electrons. The minimum atomic E-state index is -0.682. The number of thioether (sulfide) groups is 1. The molecule has 21 heavy (non-hydrogen) atoms. The van der Waals surface area contributed by atoms with Gasteiger partial charge in [-0.05, 0) is 0 Å². The topological polar surface area (TPSA) is 121 Å². The molecule has 2 rings (SSSR count). The SMILES string of the molecule is O=C(Cn1ccc(=O)[nH]c1=O)NCCN1C(=O)CSC1=O. The van der Waals surface area contributed by atoms with Crippen molar-refractivity contribution in [3.05, 3.63) is 33.1 Å². The number of hydrogen-bond acceptors (Lipinski definition) is 6. The van der Waals surface area contributed by atoms with Crippen molar-refractivity contribution < 1.29 is 14.4 Å². The molecule has 0 aliphatic carbocycles. The predicted molar refractivity (Wildman–Crippen MR) is 73.9 cm³/mol. The molecule has 0 spiro atoms. The number of amides is 3. The van der Waals surface area contributed by atoms with Gasteiger partial charge in [-0.1, -0.05) is 11.8 Å². The van der Waals surface area contributed by atoms with Crippen LogP contribution in [0.25, 0.3) is 0 Å². The molecule has 0 saturated carbocycles. The fraction of sp³-hybridized carbons (Fsp3) is 0.364. The summed E-state index contributed by atoms with van der Waals surface area (Å²) < 4.78 is 1.04. The molecule has 2 N–H and O–H groups in total. The molecule has 1 fully saturated rings. The molecule has 0 atom stereocenters. The Labute approximate surface area is 122 Å². The van der Waals surface area contributed by atoms with E-state index in [4.69, 9.17) is 0 Å². The summed E-state index contributed by atoms with van der Waals surface area (Å²) in [5.41, 5.74) is -1.22. The first-order chi connectivity index (χ1) is 9.97. The first-order valence-corrected chi connectivity index (χ1v) is 6.99. The van der Waals surface area contributed by atoms with Crippen LogP contribution in [0.1, 0.15) is 0 Å². The van der Waals surface area contributed by atoms with Gasteiger partial charge in [0.05, 0.1) is 5.75 Å². The second-order valence-electron chi connectivity index (χ2n) is 4.19. The van der Waals surface area contributed by atoms with Crippen LogP contribution in [-0.4, -0.2) is 50.3 Å². The number of carbonyl (C=O) groups excluding carboxylic acids is 3. The summed E-state index contributed by atoms with van der Waals surface area (Å²) in [4.78, 5) is 59.6. The fourth-order valence-electron chi connectivity index (χ4n) is 1.68. The van der Waals surface area contributed by atoms with E-state index in [1.807, 2.05) is 4.98 Å². The van der Waals surface area contributed by atoms with E-state index < -0.39 is 17.2 Å². The number of aromatic amines is 1.